The fourth-order valence-electron chi connectivity index (χ4n) is 13.2. The summed E-state index contributed by atoms with van der Waals surface area (Å²) >= 11 is 0. The standard InChI is InChI=1S/C42H59N3O7.C42H59N3O6/c1-29(2)23-37(39(47)27-35(25-33-15-11-8-12-16-33)42(50)44-38(24-30(3)4)40(48)31(5)6)43-41(49)34(18-17-32-13-9-7-10-14-32)26-36(46)28-45(51)19-21-52-22-20-45;1-29(2)23-37(43-41(49)34(18-17-32-13-9-7-10-14-32)26-36(46)28-45-19-21-51-22-20-45)39(47)27-35(25-33-15-11-8-12-16-33)42(50)44-38(24-30(3)4)40(48)31(5)6/h7-16,29-30,34-35,37-38,51H,5,17-28H2,1-4,6H3,(H-,43,44,49,50);7-16,29-30,34-35,37-38H,5,17-28H2,1-4,6H3,(H,43,49)(H,44,50)/p+1/t2*34-,35-,37+,38+/m11/s1. The molecule has 4 aromatic carbocycles. The highest BCUT2D eigenvalue weighted by atomic mass is 16.6. The van der Waals surface area contributed by atoms with Crippen molar-refractivity contribution in [2.45, 2.75) is 183 Å². The molecule has 8 atom stereocenters. The maximum Gasteiger partial charge on any atom is 0.224 e. The predicted molar refractivity (Wildman–Crippen MR) is 402 cm³/mol. The van der Waals surface area contributed by atoms with Crippen LogP contribution < -0.4 is 21.3 Å². The summed E-state index contributed by atoms with van der Waals surface area (Å²) in [4.78, 5) is 139. The molecule has 19 heteroatoms. The van der Waals surface area contributed by atoms with E-state index in [2.05, 4.69) is 39.3 Å². The van der Waals surface area contributed by atoms with Crippen molar-refractivity contribution in [2.24, 2.45) is 47.3 Å². The monoisotopic (exact) mass is 1420 g/mol. The Kier molecular flexibility index (Phi) is 37.2. The van der Waals surface area contributed by atoms with Crippen molar-refractivity contribution in [1.29, 1.82) is 0 Å². The van der Waals surface area contributed by atoms with Crippen molar-refractivity contribution < 1.29 is 67.3 Å². The predicted octanol–water partition coefficient (Wildman–Crippen LogP) is 11.0. The van der Waals surface area contributed by atoms with E-state index in [1.165, 1.54) is 0 Å². The summed E-state index contributed by atoms with van der Waals surface area (Å²) < 4.78 is 10.4. The topological polar surface area (TPSA) is 261 Å². The van der Waals surface area contributed by atoms with Crippen LogP contribution in [0, 0.1) is 47.3 Å². The van der Waals surface area contributed by atoms with E-state index in [4.69, 9.17) is 9.47 Å². The minimum absolute atomic E-state index is 0.0169. The fourth-order valence-corrected chi connectivity index (χ4v) is 13.2. The number of carbonyl (C=O) groups excluding carboxylic acids is 10. The van der Waals surface area contributed by atoms with E-state index >= 15 is 0 Å². The Morgan fingerprint density at radius 3 is 1.09 bits per heavy atom. The molecule has 4 amide bonds. The molecular weight excluding hydrogens is 1300 g/mol. The first kappa shape index (κ1) is 85.7. The van der Waals surface area contributed by atoms with Gasteiger partial charge >= 0.3 is 0 Å². The average molecular weight is 1420 g/mol. The van der Waals surface area contributed by atoms with E-state index < -0.39 is 64.3 Å². The number of nitrogens with zero attached hydrogens (tertiary/aromatic N) is 2. The summed E-state index contributed by atoms with van der Waals surface area (Å²) in [5.41, 5.74) is 4.57. The molecule has 0 radical (unpaired) electrons. The minimum atomic E-state index is -0.883. The van der Waals surface area contributed by atoms with E-state index in [9.17, 15) is 53.2 Å². The second-order valence-corrected chi connectivity index (χ2v) is 30.3. The quantitative estimate of drug-likeness (QED) is 0.0204. The summed E-state index contributed by atoms with van der Waals surface area (Å²) in [6.45, 7) is 30.6. The molecule has 6 rings (SSSR count). The van der Waals surface area contributed by atoms with Crippen LogP contribution in [0.2, 0.25) is 0 Å². The van der Waals surface area contributed by atoms with Crippen molar-refractivity contribution >= 4 is 58.3 Å². The number of ketones is 6. The number of aryl methyl sites for hydroxylation is 2. The molecule has 103 heavy (non-hydrogen) atoms. The number of hydrogen-bond donors (Lipinski definition) is 5. The van der Waals surface area contributed by atoms with Crippen LogP contribution in [0.15, 0.2) is 146 Å². The first-order valence-electron chi connectivity index (χ1n) is 37.3. The summed E-state index contributed by atoms with van der Waals surface area (Å²) in [5, 5.41) is 22.8. The van der Waals surface area contributed by atoms with Crippen LogP contribution in [0.3, 0.4) is 0 Å². The third-order valence-corrected chi connectivity index (χ3v) is 18.8. The van der Waals surface area contributed by atoms with Gasteiger partial charge in [0, 0.05) is 62.4 Å². The van der Waals surface area contributed by atoms with Crippen LogP contribution in [0.5, 0.6) is 0 Å². The molecule has 0 spiro atoms. The lowest BCUT2D eigenvalue weighted by Gasteiger charge is -2.33. The Labute approximate surface area is 613 Å². The average Bonchev–Trinajstić information content (AvgIpc) is 0.860. The van der Waals surface area contributed by atoms with Crippen molar-refractivity contribution in [3.05, 3.63) is 168 Å². The van der Waals surface area contributed by atoms with Crippen molar-refractivity contribution in [2.75, 3.05) is 65.7 Å². The maximum atomic E-state index is 14.2. The number of quaternary nitrogens is 1. The lowest BCUT2D eigenvalue weighted by molar-refractivity contribution is -1.10. The molecule has 562 valence electrons. The zero-order valence-corrected chi connectivity index (χ0v) is 63.1. The van der Waals surface area contributed by atoms with Gasteiger partial charge in [-0.2, -0.15) is 4.65 Å². The molecular formula is C84H119N6O13+. The number of ether oxygens (including phenoxy) is 2. The fraction of sp³-hybridized carbons (Fsp3) is 0.548. The van der Waals surface area contributed by atoms with Crippen LogP contribution in [-0.2, 0) is 83.1 Å². The Balaban J connectivity index is 0.000000371. The Hall–Kier alpha value is -7.94. The van der Waals surface area contributed by atoms with Gasteiger partial charge < -0.3 is 30.7 Å². The summed E-state index contributed by atoms with van der Waals surface area (Å²) in [7, 11) is 0. The maximum absolute atomic E-state index is 14.2. The summed E-state index contributed by atoms with van der Waals surface area (Å²) in [6, 6.07) is 35.2. The zero-order valence-electron chi connectivity index (χ0n) is 63.1. The smallest absolute Gasteiger partial charge is 0.224 e. The van der Waals surface area contributed by atoms with Gasteiger partial charge in [0.2, 0.25) is 23.6 Å². The number of carbonyl (C=O) groups is 10. The van der Waals surface area contributed by atoms with Crippen molar-refractivity contribution in [1.82, 2.24) is 26.2 Å². The number of rotatable bonds is 44. The van der Waals surface area contributed by atoms with Crippen LogP contribution in [0.4, 0.5) is 0 Å². The third-order valence-electron chi connectivity index (χ3n) is 18.8. The van der Waals surface area contributed by atoms with Gasteiger partial charge in [0.1, 0.15) is 18.9 Å². The van der Waals surface area contributed by atoms with Gasteiger partial charge in [-0.15, -0.1) is 0 Å². The number of morpholine rings is 2. The molecule has 2 heterocycles. The Morgan fingerprint density at radius 2 is 0.738 bits per heavy atom. The molecule has 0 unspecified atom stereocenters. The molecule has 5 N–H and O–H groups in total. The molecule has 2 fully saturated rings. The second-order valence-electron chi connectivity index (χ2n) is 30.3. The first-order chi connectivity index (χ1) is 49.0. The van der Waals surface area contributed by atoms with Gasteiger partial charge in [0.05, 0.1) is 57.1 Å². The van der Waals surface area contributed by atoms with E-state index in [1.54, 1.807) is 13.8 Å². The van der Waals surface area contributed by atoms with E-state index in [0.29, 0.717) is 122 Å². The SMILES string of the molecule is C=C(C)C(=O)[C@H](CC(C)C)NC(=O)[C@@H](CC(=O)[C@H](CC(C)C)NC(=O)[C@H](CCc1ccccc1)CC(=O)CN1CCOCC1)Cc1ccccc1.C=C(C)C(=O)[C@H](CC(C)C)NC(=O)[C@@H](CC(=O)[C@H](CC(C)C)NC(=O)[C@H](CCc1ccccc1)CC(=O)C[N+]1(O)CCOCC1)Cc1ccccc1. The number of hydrogen-bond acceptors (Lipinski definition) is 14. The summed E-state index contributed by atoms with van der Waals surface area (Å²) in [5.74, 6) is -5.24. The third kappa shape index (κ3) is 32.3. The number of nitrogens with one attached hydrogen (secondary N) is 4. The van der Waals surface area contributed by atoms with Crippen LogP contribution >= 0.6 is 0 Å². The number of hydroxylamine groups is 3. The van der Waals surface area contributed by atoms with E-state index in [0.717, 1.165) is 22.3 Å². The highest BCUT2D eigenvalue weighted by Crippen LogP contribution is 2.25. The first-order valence-corrected chi connectivity index (χ1v) is 37.3. The molecule has 2 aliphatic heterocycles. The molecule has 0 aliphatic carbocycles. The van der Waals surface area contributed by atoms with Gasteiger partial charge in [0.25, 0.3) is 0 Å². The largest absolute Gasteiger partial charge is 0.379 e. The van der Waals surface area contributed by atoms with Gasteiger partial charge in [-0.1, -0.05) is 190 Å². The lowest BCUT2D eigenvalue weighted by Crippen LogP contribution is -2.55. The second kappa shape index (κ2) is 44.7. The van der Waals surface area contributed by atoms with E-state index in [1.807, 2.05) is 177 Å². The zero-order chi connectivity index (χ0) is 75.6. The van der Waals surface area contributed by atoms with Crippen molar-refractivity contribution in [3.8, 4) is 0 Å². The highest BCUT2D eigenvalue weighted by molar-refractivity contribution is 6.02. The molecule has 0 saturated carbocycles. The van der Waals surface area contributed by atoms with Gasteiger partial charge in [0.15, 0.2) is 35.5 Å². The van der Waals surface area contributed by atoms with Crippen LogP contribution in [-0.4, -0.2) is 163 Å². The number of benzene rings is 4. The minimum Gasteiger partial charge on any atom is -0.379 e. The van der Waals surface area contributed by atoms with Crippen LogP contribution in [0.1, 0.15) is 156 Å². The molecule has 19 nitrogen and oxygen atoms in total. The summed E-state index contributed by atoms with van der Waals surface area (Å²) in [6.07, 6.45) is 3.95. The van der Waals surface area contributed by atoms with Crippen molar-refractivity contribution in [3.63, 3.8) is 0 Å². The normalized spacial score (nSPS) is 16.1. The molecule has 2 aliphatic rings. The van der Waals surface area contributed by atoms with Gasteiger partial charge in [-0.05, 0) is 135 Å². The Bertz CT molecular complexity index is 3360. The van der Waals surface area contributed by atoms with Gasteiger partial charge in [-0.3, -0.25) is 52.8 Å². The van der Waals surface area contributed by atoms with Gasteiger partial charge in [-0.25, -0.2) is 5.21 Å². The molecule has 4 aromatic rings. The lowest BCUT2D eigenvalue weighted by atomic mass is 9.87. The Morgan fingerprint density at radius 1 is 0.427 bits per heavy atom. The molecule has 2 saturated heterocycles. The molecule has 0 bridgehead atoms. The highest BCUT2D eigenvalue weighted by Gasteiger charge is 2.38. The van der Waals surface area contributed by atoms with E-state index in [-0.39, 0.29) is 115 Å². The number of amides is 4. The molecule has 0 aromatic heterocycles. The van der Waals surface area contributed by atoms with Crippen LogP contribution in [0.25, 0.3) is 0 Å². The number of Topliss-reactive ketones (excluding diaryl/α,β-unsaturated/α-hetero) is 6.